The smallest absolute Gasteiger partial charge is 0.221 e. The number of amides is 6. The number of carbonyl (C=O) groups is 6. The van der Waals surface area contributed by atoms with Crippen molar-refractivity contribution in [3.8, 4) is 0 Å². The Balaban J connectivity index is 4.64. The van der Waals surface area contributed by atoms with Gasteiger partial charge in [-0.3, -0.25) is 28.8 Å². The minimum atomic E-state index is -0.132. The highest BCUT2D eigenvalue weighted by Crippen LogP contribution is 1.99. The quantitative estimate of drug-likeness (QED) is 0.0303. The van der Waals surface area contributed by atoms with Gasteiger partial charge in [0.1, 0.15) is 0 Å². The number of hydrogen-bond acceptors (Lipinski definition) is 13. The lowest BCUT2D eigenvalue weighted by molar-refractivity contribution is -0.123. The lowest BCUT2D eigenvalue weighted by atomic mass is 10.3. The van der Waals surface area contributed by atoms with Crippen LogP contribution < -0.4 is 54.8 Å². The molecule has 51 heavy (non-hydrogen) atoms. The molecule has 296 valence electrons. The molecule has 19 heteroatoms. The molecule has 0 aromatic carbocycles. The SMILES string of the molecule is CCN(CCC(=O)NCCN(CCC(=O)NCCN)CCC(=O)NCCN)CCC(=O)NCCN(CCC(=O)NCCN)CCC(=O)NCCN. The number of nitrogens with zero attached hydrogens (tertiary/aromatic N) is 3. The van der Waals surface area contributed by atoms with E-state index in [2.05, 4.69) is 31.9 Å². The van der Waals surface area contributed by atoms with E-state index in [1.165, 1.54) is 0 Å². The molecule has 0 heterocycles. The van der Waals surface area contributed by atoms with E-state index in [1.54, 1.807) is 0 Å². The fourth-order valence-corrected chi connectivity index (χ4v) is 4.74. The Kier molecular flexibility index (Phi) is 30.2. The van der Waals surface area contributed by atoms with Crippen LogP contribution in [0.4, 0.5) is 0 Å². The van der Waals surface area contributed by atoms with Crippen molar-refractivity contribution in [1.82, 2.24) is 46.6 Å². The predicted molar refractivity (Wildman–Crippen MR) is 197 cm³/mol. The Morgan fingerprint density at radius 1 is 0.353 bits per heavy atom. The Labute approximate surface area is 303 Å². The summed E-state index contributed by atoms with van der Waals surface area (Å²) in [5.74, 6) is -0.772. The zero-order chi connectivity index (χ0) is 38.1. The monoisotopic (exact) mass is 730 g/mol. The van der Waals surface area contributed by atoms with Gasteiger partial charge in [-0.05, 0) is 6.54 Å². The number of nitrogens with one attached hydrogen (secondary N) is 6. The topological polar surface area (TPSA) is 288 Å². The predicted octanol–water partition coefficient (Wildman–Crippen LogP) is -5.22. The van der Waals surface area contributed by atoms with Crippen molar-refractivity contribution in [3.05, 3.63) is 0 Å². The summed E-state index contributed by atoms with van der Waals surface area (Å²) in [6.45, 7) is 9.95. The van der Waals surface area contributed by atoms with Crippen LogP contribution in [0.2, 0.25) is 0 Å². The molecular formula is C32H67N13O6. The van der Waals surface area contributed by atoms with E-state index in [9.17, 15) is 28.8 Å². The number of nitrogens with two attached hydrogens (primary N) is 4. The van der Waals surface area contributed by atoms with Crippen LogP contribution in [0.3, 0.4) is 0 Å². The van der Waals surface area contributed by atoms with Gasteiger partial charge >= 0.3 is 0 Å². The molecule has 0 unspecified atom stereocenters. The zero-order valence-electron chi connectivity index (χ0n) is 30.8. The van der Waals surface area contributed by atoms with Gasteiger partial charge in [-0.15, -0.1) is 0 Å². The van der Waals surface area contributed by atoms with Crippen molar-refractivity contribution in [2.75, 3.05) is 124 Å². The summed E-state index contributed by atoms with van der Waals surface area (Å²) < 4.78 is 0. The lowest BCUT2D eigenvalue weighted by Gasteiger charge is -2.23. The van der Waals surface area contributed by atoms with E-state index >= 15 is 0 Å². The summed E-state index contributed by atoms with van der Waals surface area (Å²) in [7, 11) is 0. The van der Waals surface area contributed by atoms with Crippen molar-refractivity contribution in [3.63, 3.8) is 0 Å². The highest BCUT2D eigenvalue weighted by Gasteiger charge is 2.14. The maximum absolute atomic E-state index is 12.6. The normalized spacial score (nSPS) is 11.1. The molecule has 0 saturated heterocycles. The first-order valence-electron chi connectivity index (χ1n) is 18.2. The van der Waals surface area contributed by atoms with Crippen LogP contribution in [-0.2, 0) is 28.8 Å². The van der Waals surface area contributed by atoms with E-state index in [1.807, 2.05) is 21.6 Å². The first-order valence-corrected chi connectivity index (χ1v) is 18.2. The van der Waals surface area contributed by atoms with Crippen molar-refractivity contribution in [1.29, 1.82) is 0 Å². The molecule has 0 rings (SSSR count). The molecule has 6 amide bonds. The average Bonchev–Trinajstić information content (AvgIpc) is 3.12. The molecule has 0 spiro atoms. The van der Waals surface area contributed by atoms with Crippen LogP contribution in [0.15, 0.2) is 0 Å². The number of rotatable bonds is 33. The molecule has 0 atom stereocenters. The standard InChI is InChI=1S/C32H67N13O6/c1-2-43(19-3-31(50)41-17-25-44(21-5-27(46)37-13-9-33)22-6-28(47)38-14-10-34)20-4-32(51)42-18-26-45(23-7-29(48)39-15-11-35)24-8-30(49)40-16-12-36/h2-26,33-36H2,1H3,(H,37,46)(H,38,47)(H,39,48)(H,40,49)(H,41,50)(H,42,51). The van der Waals surface area contributed by atoms with Gasteiger partial charge in [0.25, 0.3) is 0 Å². The fourth-order valence-electron chi connectivity index (χ4n) is 4.74. The van der Waals surface area contributed by atoms with Crippen molar-refractivity contribution < 1.29 is 28.8 Å². The summed E-state index contributed by atoms with van der Waals surface area (Å²) >= 11 is 0. The van der Waals surface area contributed by atoms with Gasteiger partial charge < -0.3 is 69.5 Å². The molecule has 0 radical (unpaired) electrons. The Bertz CT molecular complexity index is 869. The Morgan fingerprint density at radius 2 is 0.569 bits per heavy atom. The van der Waals surface area contributed by atoms with Crippen LogP contribution in [0.25, 0.3) is 0 Å². The third-order valence-corrected chi connectivity index (χ3v) is 7.74. The van der Waals surface area contributed by atoms with Crippen LogP contribution in [0.5, 0.6) is 0 Å². The molecule has 0 aliphatic rings. The molecule has 0 aromatic heterocycles. The van der Waals surface area contributed by atoms with E-state index in [-0.39, 0.29) is 74.0 Å². The highest BCUT2D eigenvalue weighted by molar-refractivity contribution is 5.78. The Hall–Kier alpha value is -3.46. The lowest BCUT2D eigenvalue weighted by Crippen LogP contribution is -2.41. The van der Waals surface area contributed by atoms with Gasteiger partial charge in [0.15, 0.2) is 0 Å². The van der Waals surface area contributed by atoms with Crippen molar-refractivity contribution >= 4 is 35.4 Å². The summed E-state index contributed by atoms with van der Waals surface area (Å²) in [6, 6.07) is 0. The fraction of sp³-hybridized carbons (Fsp3) is 0.812. The van der Waals surface area contributed by atoms with Crippen LogP contribution in [0.1, 0.15) is 45.4 Å². The summed E-state index contributed by atoms with van der Waals surface area (Å²) in [6.07, 6.45) is 1.50. The van der Waals surface area contributed by atoms with E-state index < -0.39 is 0 Å². The van der Waals surface area contributed by atoms with Gasteiger partial charge in [-0.25, -0.2) is 0 Å². The van der Waals surface area contributed by atoms with Crippen LogP contribution in [0, 0.1) is 0 Å². The third kappa shape index (κ3) is 28.9. The largest absolute Gasteiger partial charge is 0.355 e. The van der Waals surface area contributed by atoms with Crippen molar-refractivity contribution in [2.24, 2.45) is 22.9 Å². The number of carbonyl (C=O) groups excluding carboxylic acids is 6. The first kappa shape index (κ1) is 47.5. The van der Waals surface area contributed by atoms with Gasteiger partial charge in [-0.2, -0.15) is 0 Å². The van der Waals surface area contributed by atoms with E-state index in [4.69, 9.17) is 22.9 Å². The van der Waals surface area contributed by atoms with Crippen LogP contribution >= 0.6 is 0 Å². The Morgan fingerprint density at radius 3 is 0.784 bits per heavy atom. The second-order valence-electron chi connectivity index (χ2n) is 11.9. The van der Waals surface area contributed by atoms with Gasteiger partial charge in [-0.1, -0.05) is 6.92 Å². The van der Waals surface area contributed by atoms with Gasteiger partial charge in [0, 0.05) is 156 Å². The summed E-state index contributed by atoms with van der Waals surface area (Å²) in [5.41, 5.74) is 21.8. The zero-order valence-corrected chi connectivity index (χ0v) is 30.8. The molecule has 0 bridgehead atoms. The molecule has 14 N–H and O–H groups in total. The summed E-state index contributed by atoms with van der Waals surface area (Å²) in [4.78, 5) is 79.3. The minimum Gasteiger partial charge on any atom is -0.355 e. The molecule has 0 aromatic rings. The molecule has 0 fully saturated rings. The van der Waals surface area contributed by atoms with E-state index in [0.29, 0.717) is 124 Å². The number of hydrogen-bond donors (Lipinski definition) is 10. The minimum absolute atomic E-state index is 0.127. The third-order valence-electron chi connectivity index (χ3n) is 7.74. The highest BCUT2D eigenvalue weighted by atomic mass is 16.2. The first-order chi connectivity index (χ1) is 24.6. The van der Waals surface area contributed by atoms with Crippen LogP contribution in [-0.4, -0.2) is 174 Å². The van der Waals surface area contributed by atoms with E-state index in [0.717, 1.165) is 0 Å². The molecule has 19 nitrogen and oxygen atoms in total. The average molecular weight is 730 g/mol. The molecular weight excluding hydrogens is 662 g/mol. The van der Waals surface area contributed by atoms with Gasteiger partial charge in [0.05, 0.1) is 0 Å². The summed E-state index contributed by atoms with van der Waals surface area (Å²) in [5, 5.41) is 16.7. The maximum atomic E-state index is 12.6. The second kappa shape index (κ2) is 32.4. The molecule has 0 aliphatic carbocycles. The second-order valence-corrected chi connectivity index (χ2v) is 11.9. The van der Waals surface area contributed by atoms with Gasteiger partial charge in [0.2, 0.25) is 35.4 Å². The molecule has 0 aliphatic heterocycles. The maximum Gasteiger partial charge on any atom is 0.221 e. The van der Waals surface area contributed by atoms with Crippen molar-refractivity contribution in [2.45, 2.75) is 45.4 Å². The molecule has 0 saturated carbocycles.